The first kappa shape index (κ1) is 11.5. The molecular weight excluding hydrogens is 240 g/mol. The molecule has 0 aliphatic heterocycles. The van der Waals surface area contributed by atoms with Crippen molar-refractivity contribution in [2.75, 3.05) is 10.6 Å². The molecule has 0 unspecified atom stereocenters. The lowest BCUT2D eigenvalue weighted by atomic mass is 10.3. The van der Waals surface area contributed by atoms with Crippen LogP contribution in [0.25, 0.3) is 0 Å². The Hall–Kier alpha value is -2.01. The summed E-state index contributed by atoms with van der Waals surface area (Å²) in [6.07, 6.45) is 1.74. The van der Waals surface area contributed by atoms with Crippen LogP contribution in [0.2, 0.25) is 5.02 Å². The SMILES string of the molecule is Cn1ccc(NC(=O)Nc2ccccc2Cl)n1. The number of urea groups is 1. The third-order valence-corrected chi connectivity index (χ3v) is 2.41. The molecular formula is C11H11ClN4O. The highest BCUT2D eigenvalue weighted by molar-refractivity contribution is 6.33. The van der Waals surface area contributed by atoms with E-state index in [1.165, 1.54) is 0 Å². The summed E-state index contributed by atoms with van der Waals surface area (Å²) in [5.41, 5.74) is 0.558. The van der Waals surface area contributed by atoms with Crippen molar-refractivity contribution < 1.29 is 4.79 Å². The number of para-hydroxylation sites is 1. The molecule has 5 nitrogen and oxygen atoms in total. The number of benzene rings is 1. The number of nitrogens with zero attached hydrogens (tertiary/aromatic N) is 2. The Morgan fingerprint density at radius 1 is 1.29 bits per heavy atom. The van der Waals surface area contributed by atoms with Crippen LogP contribution in [0.1, 0.15) is 0 Å². The normalized spacial score (nSPS) is 10.0. The first-order valence-electron chi connectivity index (χ1n) is 4.97. The molecule has 0 atom stereocenters. The molecule has 2 aromatic rings. The average molecular weight is 251 g/mol. The van der Waals surface area contributed by atoms with E-state index in [1.807, 2.05) is 0 Å². The van der Waals surface area contributed by atoms with Crippen LogP contribution in [-0.4, -0.2) is 15.8 Å². The summed E-state index contributed by atoms with van der Waals surface area (Å²) in [6.45, 7) is 0. The number of carbonyl (C=O) groups excluding carboxylic acids is 1. The minimum Gasteiger partial charge on any atom is -0.306 e. The van der Waals surface area contributed by atoms with Gasteiger partial charge in [0.15, 0.2) is 5.82 Å². The number of aryl methyl sites for hydroxylation is 1. The molecule has 88 valence electrons. The Balaban J connectivity index is 2.01. The lowest BCUT2D eigenvalue weighted by Crippen LogP contribution is -2.20. The molecule has 6 heteroatoms. The van der Waals surface area contributed by atoms with Gasteiger partial charge in [0.25, 0.3) is 0 Å². The number of hydrogen-bond donors (Lipinski definition) is 2. The summed E-state index contributed by atoms with van der Waals surface area (Å²) in [4.78, 5) is 11.6. The quantitative estimate of drug-likeness (QED) is 0.861. The van der Waals surface area contributed by atoms with Gasteiger partial charge >= 0.3 is 6.03 Å². The van der Waals surface area contributed by atoms with Crippen LogP contribution in [-0.2, 0) is 7.05 Å². The van der Waals surface area contributed by atoms with Crippen molar-refractivity contribution in [3.05, 3.63) is 41.6 Å². The molecule has 2 rings (SSSR count). The van der Waals surface area contributed by atoms with Gasteiger partial charge in [0.2, 0.25) is 0 Å². The van der Waals surface area contributed by atoms with Gasteiger partial charge < -0.3 is 5.32 Å². The van der Waals surface area contributed by atoms with E-state index in [0.717, 1.165) is 0 Å². The van der Waals surface area contributed by atoms with E-state index in [0.29, 0.717) is 16.5 Å². The Morgan fingerprint density at radius 2 is 2.06 bits per heavy atom. The summed E-state index contributed by atoms with van der Waals surface area (Å²) in [5.74, 6) is 0.483. The van der Waals surface area contributed by atoms with Crippen molar-refractivity contribution in [3.8, 4) is 0 Å². The van der Waals surface area contributed by atoms with Crippen molar-refractivity contribution in [1.82, 2.24) is 9.78 Å². The van der Waals surface area contributed by atoms with Crippen LogP contribution in [0, 0.1) is 0 Å². The largest absolute Gasteiger partial charge is 0.324 e. The molecule has 17 heavy (non-hydrogen) atoms. The Kier molecular flexibility index (Phi) is 3.30. The second kappa shape index (κ2) is 4.88. The first-order chi connectivity index (χ1) is 8.15. The van der Waals surface area contributed by atoms with Crippen molar-refractivity contribution in [3.63, 3.8) is 0 Å². The van der Waals surface area contributed by atoms with Gasteiger partial charge in [-0.05, 0) is 12.1 Å². The van der Waals surface area contributed by atoms with Crippen molar-refractivity contribution in [1.29, 1.82) is 0 Å². The number of hydrogen-bond acceptors (Lipinski definition) is 2. The number of amides is 2. The fourth-order valence-electron chi connectivity index (χ4n) is 1.31. The summed E-state index contributed by atoms with van der Waals surface area (Å²) in [5, 5.41) is 9.75. The first-order valence-corrected chi connectivity index (χ1v) is 5.35. The fraction of sp³-hybridized carbons (Fsp3) is 0.0909. The summed E-state index contributed by atoms with van der Waals surface area (Å²) >= 11 is 5.91. The second-order valence-corrected chi connectivity index (χ2v) is 3.84. The Morgan fingerprint density at radius 3 is 2.71 bits per heavy atom. The molecule has 2 amide bonds. The number of nitrogens with one attached hydrogen (secondary N) is 2. The lowest BCUT2D eigenvalue weighted by Gasteiger charge is -2.06. The fourth-order valence-corrected chi connectivity index (χ4v) is 1.50. The van der Waals surface area contributed by atoms with Crippen molar-refractivity contribution in [2.24, 2.45) is 7.05 Å². The van der Waals surface area contributed by atoms with E-state index in [1.54, 1.807) is 48.3 Å². The Labute approximate surface area is 103 Å². The molecule has 0 spiro atoms. The lowest BCUT2D eigenvalue weighted by molar-refractivity contribution is 0.262. The van der Waals surface area contributed by atoms with Gasteiger partial charge in [-0.1, -0.05) is 23.7 Å². The van der Waals surface area contributed by atoms with Gasteiger partial charge in [0, 0.05) is 19.3 Å². The molecule has 0 fully saturated rings. The van der Waals surface area contributed by atoms with Crippen LogP contribution < -0.4 is 10.6 Å². The van der Waals surface area contributed by atoms with Crippen LogP contribution in [0.4, 0.5) is 16.3 Å². The van der Waals surface area contributed by atoms with Crippen LogP contribution >= 0.6 is 11.6 Å². The van der Waals surface area contributed by atoms with E-state index < -0.39 is 0 Å². The van der Waals surface area contributed by atoms with E-state index in [9.17, 15) is 4.79 Å². The number of rotatable bonds is 2. The summed E-state index contributed by atoms with van der Waals surface area (Å²) < 4.78 is 1.60. The maximum absolute atomic E-state index is 11.6. The molecule has 0 saturated carbocycles. The topological polar surface area (TPSA) is 59.0 Å². The van der Waals surface area contributed by atoms with Gasteiger partial charge in [-0.25, -0.2) is 4.79 Å². The molecule has 1 aromatic heterocycles. The molecule has 2 N–H and O–H groups in total. The van der Waals surface area contributed by atoms with Crippen LogP contribution in [0.15, 0.2) is 36.5 Å². The number of carbonyl (C=O) groups is 1. The molecule has 0 saturated heterocycles. The average Bonchev–Trinajstić information content (AvgIpc) is 2.67. The maximum Gasteiger partial charge on any atom is 0.324 e. The molecule has 1 heterocycles. The summed E-state index contributed by atoms with van der Waals surface area (Å²) in [6, 6.07) is 8.34. The zero-order valence-corrected chi connectivity index (χ0v) is 9.90. The van der Waals surface area contributed by atoms with Crippen LogP contribution in [0.5, 0.6) is 0 Å². The highest BCUT2D eigenvalue weighted by Gasteiger charge is 2.06. The van der Waals surface area contributed by atoms with Gasteiger partial charge in [0.05, 0.1) is 10.7 Å². The molecule has 1 aromatic carbocycles. The number of aromatic nitrogens is 2. The molecule has 0 radical (unpaired) electrons. The predicted molar refractivity (Wildman–Crippen MR) is 67.3 cm³/mol. The summed E-state index contributed by atoms with van der Waals surface area (Å²) in [7, 11) is 1.77. The Bertz CT molecular complexity index is 538. The third kappa shape index (κ3) is 2.98. The smallest absolute Gasteiger partial charge is 0.306 e. The van der Waals surface area contributed by atoms with E-state index >= 15 is 0 Å². The predicted octanol–water partition coefficient (Wildman–Crippen LogP) is 2.72. The number of halogens is 1. The zero-order chi connectivity index (χ0) is 12.3. The molecule has 0 bridgehead atoms. The third-order valence-electron chi connectivity index (χ3n) is 2.08. The van der Waals surface area contributed by atoms with E-state index in [-0.39, 0.29) is 6.03 Å². The minimum atomic E-state index is -0.378. The van der Waals surface area contributed by atoms with E-state index in [4.69, 9.17) is 11.6 Å². The molecule has 0 aliphatic carbocycles. The zero-order valence-electron chi connectivity index (χ0n) is 9.14. The maximum atomic E-state index is 11.6. The minimum absolute atomic E-state index is 0.378. The van der Waals surface area contributed by atoms with Crippen molar-refractivity contribution in [2.45, 2.75) is 0 Å². The van der Waals surface area contributed by atoms with Crippen LogP contribution in [0.3, 0.4) is 0 Å². The van der Waals surface area contributed by atoms with Gasteiger partial charge in [-0.15, -0.1) is 0 Å². The monoisotopic (exact) mass is 250 g/mol. The highest BCUT2D eigenvalue weighted by Crippen LogP contribution is 2.20. The van der Waals surface area contributed by atoms with Crippen molar-refractivity contribution >= 4 is 29.1 Å². The van der Waals surface area contributed by atoms with Gasteiger partial charge in [-0.2, -0.15) is 5.10 Å². The van der Waals surface area contributed by atoms with Gasteiger partial charge in [0.1, 0.15) is 0 Å². The van der Waals surface area contributed by atoms with Gasteiger partial charge in [-0.3, -0.25) is 10.00 Å². The highest BCUT2D eigenvalue weighted by atomic mass is 35.5. The van der Waals surface area contributed by atoms with E-state index in [2.05, 4.69) is 15.7 Å². The number of anilines is 2. The standard InChI is InChI=1S/C11H11ClN4O/c1-16-7-6-10(15-16)14-11(17)13-9-5-3-2-4-8(9)12/h2-7H,1H3,(H2,13,14,15,17). The second-order valence-electron chi connectivity index (χ2n) is 3.43. The molecule has 0 aliphatic rings.